The topological polar surface area (TPSA) is 64.1 Å². The number of hydrogen-bond donors (Lipinski definition) is 2. The van der Waals surface area contributed by atoms with Crippen molar-refractivity contribution in [2.45, 2.75) is 26.3 Å². The fraction of sp³-hybridized carbons (Fsp3) is 0.308. The van der Waals surface area contributed by atoms with Crippen molar-refractivity contribution in [3.05, 3.63) is 53.2 Å². The van der Waals surface area contributed by atoms with Crippen molar-refractivity contribution in [2.75, 3.05) is 0 Å². The normalized spacial score (nSPS) is 12.6. The van der Waals surface area contributed by atoms with Gasteiger partial charge in [-0.15, -0.1) is 0 Å². The Morgan fingerprint density at radius 3 is 2.76 bits per heavy atom. The smallest absolute Gasteiger partial charge is 0.105 e. The molecule has 0 fully saturated rings. The van der Waals surface area contributed by atoms with Crippen LogP contribution in [0.15, 0.2) is 34.9 Å². The van der Waals surface area contributed by atoms with E-state index in [0.29, 0.717) is 0 Å². The van der Waals surface area contributed by atoms with E-state index in [-0.39, 0.29) is 6.04 Å². The van der Waals surface area contributed by atoms with Crippen LogP contribution in [0.1, 0.15) is 28.8 Å². The molecule has 0 spiro atoms. The number of nitrogens with two attached hydrogens (primary N) is 1. The van der Waals surface area contributed by atoms with Crippen LogP contribution in [-0.2, 0) is 6.42 Å². The molecule has 1 unspecified atom stereocenters. The predicted octanol–water partition coefficient (Wildman–Crippen LogP) is 2.04. The lowest BCUT2D eigenvalue weighted by Crippen LogP contribution is -2.30. The molecule has 0 radical (unpaired) electrons. The fourth-order valence-electron chi connectivity index (χ4n) is 1.98. The zero-order valence-corrected chi connectivity index (χ0v) is 10.1. The summed E-state index contributed by atoms with van der Waals surface area (Å²) < 4.78 is 5.52. The van der Waals surface area contributed by atoms with Crippen molar-refractivity contribution < 1.29 is 4.42 Å². The maximum atomic E-state index is 5.61. The molecule has 0 saturated heterocycles. The molecule has 3 N–H and O–H groups in total. The average molecular weight is 231 g/mol. The lowest BCUT2D eigenvalue weighted by molar-refractivity contribution is 0.483. The fourth-order valence-corrected chi connectivity index (χ4v) is 1.98. The first-order chi connectivity index (χ1) is 8.20. The number of aryl methyl sites for hydroxylation is 2. The molecular weight excluding hydrogens is 214 g/mol. The number of nitrogens with zero attached hydrogens (tertiary/aromatic N) is 1. The molecule has 0 amide bonds. The number of nitrogens with one attached hydrogen (secondary N) is 1. The van der Waals surface area contributed by atoms with Gasteiger partial charge in [-0.3, -0.25) is 16.3 Å². The molecule has 0 aliphatic carbocycles. The highest BCUT2D eigenvalue weighted by Crippen LogP contribution is 2.23. The van der Waals surface area contributed by atoms with Crippen LogP contribution in [0.4, 0.5) is 0 Å². The van der Waals surface area contributed by atoms with Gasteiger partial charge in [0, 0.05) is 23.9 Å². The van der Waals surface area contributed by atoms with Crippen molar-refractivity contribution >= 4 is 0 Å². The second-order valence-corrected chi connectivity index (χ2v) is 4.11. The number of aromatic nitrogens is 1. The van der Waals surface area contributed by atoms with Crippen LogP contribution in [0, 0.1) is 13.8 Å². The SMILES string of the molecule is Cc1cc(C(Cc2ccccn2)NN)c(C)o1. The van der Waals surface area contributed by atoms with Gasteiger partial charge in [-0.25, -0.2) is 0 Å². The molecule has 2 aromatic rings. The van der Waals surface area contributed by atoms with Crippen molar-refractivity contribution in [2.24, 2.45) is 5.84 Å². The quantitative estimate of drug-likeness (QED) is 0.624. The maximum absolute atomic E-state index is 5.61. The molecule has 0 aliphatic heterocycles. The van der Waals surface area contributed by atoms with E-state index in [4.69, 9.17) is 10.3 Å². The number of hydrogen-bond acceptors (Lipinski definition) is 4. The molecular formula is C13H17N3O. The highest BCUT2D eigenvalue weighted by Gasteiger charge is 2.16. The van der Waals surface area contributed by atoms with Gasteiger partial charge in [0.15, 0.2) is 0 Å². The third-order valence-electron chi connectivity index (χ3n) is 2.80. The van der Waals surface area contributed by atoms with Gasteiger partial charge in [0.05, 0.1) is 6.04 Å². The van der Waals surface area contributed by atoms with Crippen LogP contribution in [0.2, 0.25) is 0 Å². The highest BCUT2D eigenvalue weighted by atomic mass is 16.3. The Bertz CT molecular complexity index is 479. The highest BCUT2D eigenvalue weighted by molar-refractivity contribution is 5.25. The van der Waals surface area contributed by atoms with E-state index in [1.54, 1.807) is 6.20 Å². The Balaban J connectivity index is 2.20. The van der Waals surface area contributed by atoms with Crippen molar-refractivity contribution in [1.29, 1.82) is 0 Å². The Morgan fingerprint density at radius 2 is 2.24 bits per heavy atom. The molecule has 1 atom stereocenters. The predicted molar refractivity (Wildman–Crippen MR) is 66.2 cm³/mol. The largest absolute Gasteiger partial charge is 0.466 e. The first-order valence-corrected chi connectivity index (χ1v) is 5.63. The van der Waals surface area contributed by atoms with Gasteiger partial charge in [-0.1, -0.05) is 6.07 Å². The zero-order valence-electron chi connectivity index (χ0n) is 10.1. The van der Waals surface area contributed by atoms with Gasteiger partial charge in [0.1, 0.15) is 11.5 Å². The molecule has 0 aliphatic rings. The molecule has 0 aromatic carbocycles. The van der Waals surface area contributed by atoms with Crippen LogP contribution >= 0.6 is 0 Å². The van der Waals surface area contributed by atoms with Gasteiger partial charge in [0.2, 0.25) is 0 Å². The van der Waals surface area contributed by atoms with Gasteiger partial charge in [0.25, 0.3) is 0 Å². The van der Waals surface area contributed by atoms with Gasteiger partial charge < -0.3 is 4.42 Å². The third-order valence-corrected chi connectivity index (χ3v) is 2.80. The first-order valence-electron chi connectivity index (χ1n) is 5.63. The summed E-state index contributed by atoms with van der Waals surface area (Å²) in [4.78, 5) is 4.30. The second kappa shape index (κ2) is 5.12. The number of furan rings is 1. The Hall–Kier alpha value is -1.65. The average Bonchev–Trinajstić information content (AvgIpc) is 2.67. The summed E-state index contributed by atoms with van der Waals surface area (Å²) in [5.41, 5.74) is 4.92. The summed E-state index contributed by atoms with van der Waals surface area (Å²) in [7, 11) is 0. The van der Waals surface area contributed by atoms with Gasteiger partial charge >= 0.3 is 0 Å². The molecule has 4 heteroatoms. The van der Waals surface area contributed by atoms with Gasteiger partial charge in [-0.2, -0.15) is 0 Å². The molecule has 4 nitrogen and oxygen atoms in total. The van der Waals surface area contributed by atoms with E-state index >= 15 is 0 Å². The van der Waals surface area contributed by atoms with E-state index < -0.39 is 0 Å². The molecule has 2 aromatic heterocycles. The van der Waals surface area contributed by atoms with Gasteiger partial charge in [-0.05, 0) is 32.0 Å². The lowest BCUT2D eigenvalue weighted by Gasteiger charge is -2.14. The lowest BCUT2D eigenvalue weighted by atomic mass is 10.0. The monoisotopic (exact) mass is 231 g/mol. The standard InChI is InChI=1S/C13H17N3O/c1-9-7-12(10(2)17-9)13(16-14)8-11-5-3-4-6-15-11/h3-7,13,16H,8,14H2,1-2H3. The molecule has 0 saturated carbocycles. The minimum Gasteiger partial charge on any atom is -0.466 e. The van der Waals surface area contributed by atoms with Crippen LogP contribution in [0.25, 0.3) is 0 Å². The minimum absolute atomic E-state index is 0.0300. The molecule has 2 heterocycles. The number of rotatable bonds is 4. The second-order valence-electron chi connectivity index (χ2n) is 4.11. The summed E-state index contributed by atoms with van der Waals surface area (Å²) in [6.07, 6.45) is 2.54. The van der Waals surface area contributed by atoms with Crippen molar-refractivity contribution in [1.82, 2.24) is 10.4 Å². The molecule has 17 heavy (non-hydrogen) atoms. The zero-order chi connectivity index (χ0) is 12.3. The summed E-state index contributed by atoms with van der Waals surface area (Å²) in [5, 5.41) is 0. The van der Waals surface area contributed by atoms with Crippen molar-refractivity contribution in [3.8, 4) is 0 Å². The first kappa shape index (κ1) is 11.8. The Morgan fingerprint density at radius 1 is 1.41 bits per heavy atom. The maximum Gasteiger partial charge on any atom is 0.105 e. The van der Waals surface area contributed by atoms with Crippen LogP contribution in [0.3, 0.4) is 0 Å². The number of pyridine rings is 1. The Labute approximate surface area is 101 Å². The van der Waals surface area contributed by atoms with E-state index in [0.717, 1.165) is 29.2 Å². The number of hydrazine groups is 1. The van der Waals surface area contributed by atoms with Crippen molar-refractivity contribution in [3.63, 3.8) is 0 Å². The molecule has 0 bridgehead atoms. The third kappa shape index (κ3) is 2.72. The minimum atomic E-state index is 0.0300. The Kier molecular flexibility index (Phi) is 3.56. The van der Waals surface area contributed by atoms with E-state index in [1.165, 1.54) is 0 Å². The van der Waals surface area contributed by atoms with E-state index in [2.05, 4.69) is 10.4 Å². The van der Waals surface area contributed by atoms with E-state index in [1.807, 2.05) is 38.1 Å². The van der Waals surface area contributed by atoms with Crippen LogP contribution < -0.4 is 11.3 Å². The summed E-state index contributed by atoms with van der Waals surface area (Å²) in [5.74, 6) is 7.42. The van der Waals surface area contributed by atoms with E-state index in [9.17, 15) is 0 Å². The summed E-state index contributed by atoms with van der Waals surface area (Å²) >= 11 is 0. The molecule has 2 rings (SSSR count). The summed E-state index contributed by atoms with van der Waals surface area (Å²) in [6.45, 7) is 3.88. The van der Waals surface area contributed by atoms with Crippen LogP contribution in [-0.4, -0.2) is 4.98 Å². The van der Waals surface area contributed by atoms with Crippen LogP contribution in [0.5, 0.6) is 0 Å². The summed E-state index contributed by atoms with van der Waals surface area (Å²) in [6, 6.07) is 7.92. The molecule has 90 valence electrons.